The van der Waals surface area contributed by atoms with Crippen molar-refractivity contribution in [2.24, 2.45) is 11.3 Å². The summed E-state index contributed by atoms with van der Waals surface area (Å²) < 4.78 is 18.0. The Hall–Kier alpha value is -3.94. The number of hydrogen-bond acceptors (Lipinski definition) is 7. The number of benzene rings is 1. The van der Waals surface area contributed by atoms with Gasteiger partial charge < -0.3 is 19.3 Å². The fourth-order valence-corrected chi connectivity index (χ4v) is 5.97. The molecule has 5 rings (SSSR count). The number of aromatic nitrogens is 1. The zero-order chi connectivity index (χ0) is 28.4. The predicted molar refractivity (Wildman–Crippen MR) is 143 cm³/mol. The standard InChI is InChI=1S/C31H33NO7/c1-14(2)27-28-25(30(36)39-27)24(23-19(33)12-31(5,6)13-21(23)38-28)22-16(4)17(9-11-20(22)37-7)18-10-8-15(3)26(32-18)29(34)35/h8-11,14,24,27H,12-13H2,1-7H3,(H,34,35). The second-order valence-electron chi connectivity index (χ2n) is 11.7. The maximum Gasteiger partial charge on any atom is 0.354 e. The number of allylic oxidation sites excluding steroid dienone is 2. The van der Waals surface area contributed by atoms with Gasteiger partial charge in [-0.05, 0) is 54.5 Å². The molecule has 0 radical (unpaired) electrons. The first kappa shape index (κ1) is 26.7. The summed E-state index contributed by atoms with van der Waals surface area (Å²) in [6, 6.07) is 7.08. The van der Waals surface area contributed by atoms with Crippen molar-refractivity contribution < 1.29 is 33.7 Å². The molecule has 2 unspecified atom stereocenters. The highest BCUT2D eigenvalue weighted by atomic mass is 16.6. The molecule has 1 N–H and O–H groups in total. The van der Waals surface area contributed by atoms with Crippen LogP contribution in [0.3, 0.4) is 0 Å². The van der Waals surface area contributed by atoms with Crippen LogP contribution >= 0.6 is 0 Å². The van der Waals surface area contributed by atoms with E-state index in [0.717, 1.165) is 5.56 Å². The number of nitrogens with zero attached hydrogens (tertiary/aromatic N) is 1. The van der Waals surface area contributed by atoms with Crippen LogP contribution in [0.15, 0.2) is 46.9 Å². The van der Waals surface area contributed by atoms with E-state index in [-0.39, 0.29) is 22.8 Å². The third-order valence-electron chi connectivity index (χ3n) is 7.83. The third kappa shape index (κ3) is 4.32. The highest BCUT2D eigenvalue weighted by Gasteiger charge is 2.51. The van der Waals surface area contributed by atoms with Crippen LogP contribution in [-0.2, 0) is 19.1 Å². The van der Waals surface area contributed by atoms with Crippen LogP contribution in [0.25, 0.3) is 11.3 Å². The molecule has 0 saturated heterocycles. The Morgan fingerprint density at radius 3 is 2.46 bits per heavy atom. The largest absolute Gasteiger partial charge is 0.496 e. The fourth-order valence-electron chi connectivity index (χ4n) is 5.97. The summed E-state index contributed by atoms with van der Waals surface area (Å²) >= 11 is 0. The number of pyridine rings is 1. The van der Waals surface area contributed by atoms with E-state index in [2.05, 4.69) is 4.98 Å². The van der Waals surface area contributed by atoms with Crippen molar-refractivity contribution in [1.82, 2.24) is 4.98 Å². The Balaban J connectivity index is 1.79. The van der Waals surface area contributed by atoms with Crippen LogP contribution in [0.4, 0.5) is 0 Å². The average molecular weight is 532 g/mol. The first-order valence-corrected chi connectivity index (χ1v) is 13.1. The molecule has 1 aromatic heterocycles. The molecular weight excluding hydrogens is 498 g/mol. The van der Waals surface area contributed by atoms with Gasteiger partial charge in [0.2, 0.25) is 0 Å². The van der Waals surface area contributed by atoms with E-state index in [1.54, 1.807) is 32.2 Å². The lowest BCUT2D eigenvalue weighted by atomic mass is 9.69. The molecule has 1 aliphatic carbocycles. The van der Waals surface area contributed by atoms with Gasteiger partial charge in [0, 0.05) is 29.5 Å². The van der Waals surface area contributed by atoms with Crippen LogP contribution < -0.4 is 4.74 Å². The molecule has 0 fully saturated rings. The number of Topliss-reactive ketones (excluding diaryl/α,β-unsaturated/α-hetero) is 1. The number of aryl methyl sites for hydroxylation is 1. The van der Waals surface area contributed by atoms with Gasteiger partial charge in [0.05, 0.1) is 24.3 Å². The summed E-state index contributed by atoms with van der Waals surface area (Å²) in [7, 11) is 1.55. The van der Waals surface area contributed by atoms with Gasteiger partial charge in [-0.25, -0.2) is 14.6 Å². The number of rotatable bonds is 5. The van der Waals surface area contributed by atoms with Gasteiger partial charge in [-0.3, -0.25) is 4.79 Å². The molecule has 8 heteroatoms. The SMILES string of the molecule is COc1ccc(-c2ccc(C)c(C(=O)O)n2)c(C)c1C1C2=C(CC(C)(C)CC2=O)OC2=C1C(=O)OC2C(C)C. The summed E-state index contributed by atoms with van der Waals surface area (Å²) in [5.74, 6) is -0.946. The van der Waals surface area contributed by atoms with Gasteiger partial charge >= 0.3 is 11.9 Å². The first-order valence-electron chi connectivity index (χ1n) is 13.1. The second-order valence-corrected chi connectivity index (χ2v) is 11.7. The molecule has 1 aromatic carbocycles. The van der Waals surface area contributed by atoms with Gasteiger partial charge in [0.25, 0.3) is 0 Å². The summed E-state index contributed by atoms with van der Waals surface area (Å²) in [4.78, 5) is 43.4. The molecule has 0 amide bonds. The molecule has 8 nitrogen and oxygen atoms in total. The molecule has 2 aliphatic heterocycles. The number of hydrogen-bond donors (Lipinski definition) is 1. The van der Waals surface area contributed by atoms with Crippen molar-refractivity contribution in [1.29, 1.82) is 0 Å². The smallest absolute Gasteiger partial charge is 0.354 e. The summed E-state index contributed by atoms with van der Waals surface area (Å²) in [5, 5.41) is 9.65. The molecule has 3 aliphatic rings. The number of methoxy groups -OCH3 is 1. The van der Waals surface area contributed by atoms with Crippen LogP contribution in [-0.4, -0.2) is 41.0 Å². The minimum absolute atomic E-state index is 0.0305. The quantitative estimate of drug-likeness (QED) is 0.492. The monoisotopic (exact) mass is 531 g/mol. The van der Waals surface area contributed by atoms with E-state index < -0.39 is 24.0 Å². The summed E-state index contributed by atoms with van der Waals surface area (Å²) in [6.45, 7) is 11.6. The van der Waals surface area contributed by atoms with Crippen molar-refractivity contribution >= 4 is 17.7 Å². The molecule has 0 bridgehead atoms. The van der Waals surface area contributed by atoms with Gasteiger partial charge in [-0.1, -0.05) is 33.8 Å². The normalized spacial score (nSPS) is 21.9. The molecular formula is C31H33NO7. The molecule has 2 atom stereocenters. The fraction of sp³-hybridized carbons (Fsp3) is 0.419. The molecule has 3 heterocycles. The lowest BCUT2D eigenvalue weighted by molar-refractivity contribution is -0.141. The number of ether oxygens (including phenoxy) is 3. The number of carbonyl (C=O) groups excluding carboxylic acids is 2. The van der Waals surface area contributed by atoms with Crippen molar-refractivity contribution in [2.75, 3.05) is 7.11 Å². The van der Waals surface area contributed by atoms with Crippen LogP contribution in [0.5, 0.6) is 5.75 Å². The van der Waals surface area contributed by atoms with Crippen molar-refractivity contribution in [3.05, 3.63) is 69.3 Å². The lowest BCUT2D eigenvalue weighted by Crippen LogP contribution is -2.34. The van der Waals surface area contributed by atoms with Crippen molar-refractivity contribution in [3.63, 3.8) is 0 Å². The van der Waals surface area contributed by atoms with Crippen LogP contribution in [0, 0.1) is 25.2 Å². The summed E-state index contributed by atoms with van der Waals surface area (Å²) in [5.41, 5.74) is 3.52. The number of ketones is 1. The minimum Gasteiger partial charge on any atom is -0.496 e. The zero-order valence-corrected chi connectivity index (χ0v) is 23.3. The topological polar surface area (TPSA) is 112 Å². The van der Waals surface area contributed by atoms with Gasteiger partial charge in [-0.2, -0.15) is 0 Å². The summed E-state index contributed by atoms with van der Waals surface area (Å²) in [6.07, 6.45) is 0.304. The first-order chi connectivity index (χ1) is 18.3. The third-order valence-corrected chi connectivity index (χ3v) is 7.83. The zero-order valence-electron chi connectivity index (χ0n) is 23.3. The number of esters is 1. The van der Waals surface area contributed by atoms with Crippen LogP contribution in [0.1, 0.15) is 73.6 Å². The molecule has 2 aromatic rings. The number of aromatic carboxylic acids is 1. The maximum absolute atomic E-state index is 13.7. The van der Waals surface area contributed by atoms with Crippen LogP contribution in [0.2, 0.25) is 0 Å². The van der Waals surface area contributed by atoms with E-state index in [9.17, 15) is 19.5 Å². The molecule has 204 valence electrons. The van der Waals surface area contributed by atoms with E-state index in [1.807, 2.05) is 40.7 Å². The molecule has 0 saturated carbocycles. The van der Waals surface area contributed by atoms with Gasteiger partial charge in [0.15, 0.2) is 23.3 Å². The maximum atomic E-state index is 13.7. The van der Waals surface area contributed by atoms with E-state index in [1.165, 1.54) is 0 Å². The Morgan fingerprint density at radius 1 is 1.10 bits per heavy atom. The van der Waals surface area contributed by atoms with E-state index in [0.29, 0.717) is 63.6 Å². The predicted octanol–water partition coefficient (Wildman–Crippen LogP) is 5.66. The average Bonchev–Trinajstić information content (AvgIpc) is 3.18. The van der Waals surface area contributed by atoms with Gasteiger partial charge in [-0.15, -0.1) is 0 Å². The Bertz CT molecular complexity index is 1490. The molecule has 39 heavy (non-hydrogen) atoms. The van der Waals surface area contributed by atoms with Crippen molar-refractivity contribution in [2.45, 2.75) is 66.4 Å². The second kappa shape index (κ2) is 9.36. The lowest BCUT2D eigenvalue weighted by Gasteiger charge is -2.38. The number of cyclic esters (lactones) is 1. The number of carboxylic acids is 1. The van der Waals surface area contributed by atoms with E-state index in [4.69, 9.17) is 14.2 Å². The Kier molecular flexibility index (Phi) is 6.40. The molecule has 0 spiro atoms. The van der Waals surface area contributed by atoms with Gasteiger partial charge in [0.1, 0.15) is 11.5 Å². The Morgan fingerprint density at radius 2 is 1.82 bits per heavy atom. The minimum atomic E-state index is -1.11. The van der Waals surface area contributed by atoms with E-state index >= 15 is 0 Å². The van der Waals surface area contributed by atoms with Crippen molar-refractivity contribution in [3.8, 4) is 17.0 Å². The Labute approximate surface area is 227 Å². The highest BCUT2D eigenvalue weighted by molar-refractivity contribution is 6.05. The number of carboxylic acid groups (broad SMARTS) is 1. The number of carbonyl (C=O) groups is 3. The highest BCUT2D eigenvalue weighted by Crippen LogP contribution is 2.54.